The molecule has 1 aromatic heterocycles. The average molecular weight is 255 g/mol. The second-order valence-electron chi connectivity index (χ2n) is 5.20. The van der Waals surface area contributed by atoms with Crippen molar-refractivity contribution >= 4 is 0 Å². The SMILES string of the molecule is COc1cnn(C(C)C)c1C(O)CNCC(C)C. The highest BCUT2D eigenvalue weighted by Gasteiger charge is 2.21. The molecular weight excluding hydrogens is 230 g/mol. The number of nitrogens with one attached hydrogen (secondary N) is 1. The minimum atomic E-state index is -0.608. The Morgan fingerprint density at radius 3 is 2.50 bits per heavy atom. The van der Waals surface area contributed by atoms with E-state index in [4.69, 9.17) is 4.74 Å². The van der Waals surface area contributed by atoms with Crippen molar-refractivity contribution in [2.24, 2.45) is 5.92 Å². The highest BCUT2D eigenvalue weighted by atomic mass is 16.5. The molecule has 1 atom stereocenters. The zero-order valence-electron chi connectivity index (χ0n) is 12.0. The molecule has 0 fully saturated rings. The van der Waals surface area contributed by atoms with Crippen LogP contribution in [0.4, 0.5) is 0 Å². The second kappa shape index (κ2) is 6.75. The largest absolute Gasteiger partial charge is 0.493 e. The monoisotopic (exact) mass is 255 g/mol. The van der Waals surface area contributed by atoms with Gasteiger partial charge in [0.25, 0.3) is 0 Å². The molecule has 0 amide bonds. The molecule has 0 aliphatic heterocycles. The Bertz CT molecular complexity index is 361. The first-order valence-corrected chi connectivity index (χ1v) is 6.47. The van der Waals surface area contributed by atoms with Crippen molar-refractivity contribution < 1.29 is 9.84 Å². The number of hydrogen-bond donors (Lipinski definition) is 2. The van der Waals surface area contributed by atoms with Gasteiger partial charge in [-0.25, -0.2) is 0 Å². The molecule has 2 N–H and O–H groups in total. The third-order valence-electron chi connectivity index (χ3n) is 2.71. The number of aliphatic hydroxyl groups excluding tert-OH is 1. The molecule has 0 saturated heterocycles. The van der Waals surface area contributed by atoms with Gasteiger partial charge in [0, 0.05) is 12.6 Å². The number of aliphatic hydroxyl groups is 1. The van der Waals surface area contributed by atoms with Crippen molar-refractivity contribution in [3.8, 4) is 5.75 Å². The molecule has 0 spiro atoms. The smallest absolute Gasteiger partial charge is 0.162 e. The van der Waals surface area contributed by atoms with E-state index in [2.05, 4.69) is 24.3 Å². The Hall–Kier alpha value is -1.07. The summed E-state index contributed by atoms with van der Waals surface area (Å²) in [5, 5.41) is 17.8. The van der Waals surface area contributed by atoms with Crippen LogP contribution in [0.3, 0.4) is 0 Å². The van der Waals surface area contributed by atoms with E-state index in [1.54, 1.807) is 18.0 Å². The van der Waals surface area contributed by atoms with Gasteiger partial charge in [0.15, 0.2) is 5.75 Å². The summed E-state index contributed by atoms with van der Waals surface area (Å²) >= 11 is 0. The van der Waals surface area contributed by atoms with E-state index < -0.39 is 6.10 Å². The lowest BCUT2D eigenvalue weighted by Gasteiger charge is -2.18. The molecule has 1 rings (SSSR count). The van der Waals surface area contributed by atoms with Gasteiger partial charge in [-0.15, -0.1) is 0 Å². The lowest BCUT2D eigenvalue weighted by atomic mass is 10.2. The van der Waals surface area contributed by atoms with Crippen LogP contribution in [0.25, 0.3) is 0 Å². The summed E-state index contributed by atoms with van der Waals surface area (Å²) in [5.41, 5.74) is 0.740. The summed E-state index contributed by atoms with van der Waals surface area (Å²) in [6, 6.07) is 0.198. The predicted octanol–water partition coefficient (Wildman–Crippen LogP) is 1.75. The third kappa shape index (κ3) is 3.71. The van der Waals surface area contributed by atoms with Gasteiger partial charge in [-0.05, 0) is 26.3 Å². The highest BCUT2D eigenvalue weighted by molar-refractivity contribution is 5.27. The predicted molar refractivity (Wildman–Crippen MR) is 71.8 cm³/mol. The van der Waals surface area contributed by atoms with Gasteiger partial charge in [0.2, 0.25) is 0 Å². The van der Waals surface area contributed by atoms with E-state index >= 15 is 0 Å². The molecule has 0 aliphatic carbocycles. The maximum Gasteiger partial charge on any atom is 0.162 e. The minimum absolute atomic E-state index is 0.198. The Morgan fingerprint density at radius 1 is 1.33 bits per heavy atom. The summed E-state index contributed by atoms with van der Waals surface area (Å²) < 4.78 is 7.06. The fourth-order valence-corrected chi connectivity index (χ4v) is 1.85. The molecule has 1 unspecified atom stereocenters. The molecule has 5 heteroatoms. The normalized spacial score (nSPS) is 13.3. The highest BCUT2D eigenvalue weighted by Crippen LogP contribution is 2.26. The maximum atomic E-state index is 10.3. The standard InChI is InChI=1S/C13H25N3O2/c1-9(2)6-14-7-11(17)13-12(18-5)8-15-16(13)10(3)4/h8-11,14,17H,6-7H2,1-5H3. The zero-order chi connectivity index (χ0) is 13.7. The first-order chi connectivity index (χ1) is 8.47. The molecule has 0 radical (unpaired) electrons. The average Bonchev–Trinajstić information content (AvgIpc) is 2.71. The molecule has 0 aromatic carbocycles. The molecule has 1 heterocycles. The number of aromatic nitrogens is 2. The van der Waals surface area contributed by atoms with E-state index in [0.29, 0.717) is 18.2 Å². The maximum absolute atomic E-state index is 10.3. The van der Waals surface area contributed by atoms with Gasteiger partial charge in [-0.1, -0.05) is 13.8 Å². The van der Waals surface area contributed by atoms with Crippen molar-refractivity contribution in [3.63, 3.8) is 0 Å². The molecule has 0 bridgehead atoms. The van der Waals surface area contributed by atoms with Crippen LogP contribution in [-0.2, 0) is 0 Å². The molecule has 0 saturated carbocycles. The lowest BCUT2D eigenvalue weighted by molar-refractivity contribution is 0.156. The van der Waals surface area contributed by atoms with E-state index in [1.807, 2.05) is 13.8 Å². The lowest BCUT2D eigenvalue weighted by Crippen LogP contribution is -2.27. The molecule has 0 aliphatic rings. The van der Waals surface area contributed by atoms with Crippen molar-refractivity contribution in [1.29, 1.82) is 0 Å². The van der Waals surface area contributed by atoms with E-state index in [-0.39, 0.29) is 6.04 Å². The molecule has 5 nitrogen and oxygen atoms in total. The Labute approximate surface area is 109 Å². The van der Waals surface area contributed by atoms with Crippen LogP contribution in [0.5, 0.6) is 5.75 Å². The fraction of sp³-hybridized carbons (Fsp3) is 0.769. The fourth-order valence-electron chi connectivity index (χ4n) is 1.85. The van der Waals surface area contributed by atoms with Gasteiger partial charge in [-0.2, -0.15) is 5.10 Å². The van der Waals surface area contributed by atoms with Crippen LogP contribution in [-0.4, -0.2) is 35.1 Å². The quantitative estimate of drug-likeness (QED) is 0.779. The van der Waals surface area contributed by atoms with Crippen molar-refractivity contribution in [2.75, 3.05) is 20.2 Å². The van der Waals surface area contributed by atoms with Gasteiger partial charge in [0.1, 0.15) is 11.8 Å². The summed E-state index contributed by atoms with van der Waals surface area (Å²) in [5.74, 6) is 1.21. The summed E-state index contributed by atoms with van der Waals surface area (Å²) in [7, 11) is 1.60. The minimum Gasteiger partial charge on any atom is -0.493 e. The van der Waals surface area contributed by atoms with Crippen LogP contribution >= 0.6 is 0 Å². The molecule has 1 aromatic rings. The van der Waals surface area contributed by atoms with Crippen molar-refractivity contribution in [3.05, 3.63) is 11.9 Å². The number of methoxy groups -OCH3 is 1. The summed E-state index contributed by atoms with van der Waals surface area (Å²) in [4.78, 5) is 0. The topological polar surface area (TPSA) is 59.3 Å². The second-order valence-corrected chi connectivity index (χ2v) is 5.20. The van der Waals surface area contributed by atoms with E-state index in [1.165, 1.54) is 0 Å². The first-order valence-electron chi connectivity index (χ1n) is 6.47. The summed E-state index contributed by atoms with van der Waals surface area (Å²) in [6.07, 6.45) is 1.05. The van der Waals surface area contributed by atoms with Crippen molar-refractivity contribution in [2.45, 2.75) is 39.8 Å². The van der Waals surface area contributed by atoms with Crippen LogP contribution in [0.15, 0.2) is 6.20 Å². The Balaban J connectivity index is 2.76. The van der Waals surface area contributed by atoms with Crippen LogP contribution in [0.2, 0.25) is 0 Å². The Kier molecular flexibility index (Phi) is 5.62. The summed E-state index contributed by atoms with van der Waals surface area (Å²) in [6.45, 7) is 9.73. The van der Waals surface area contributed by atoms with Crippen LogP contribution in [0.1, 0.15) is 45.5 Å². The third-order valence-corrected chi connectivity index (χ3v) is 2.71. The Morgan fingerprint density at radius 2 is 2.00 bits per heavy atom. The number of hydrogen-bond acceptors (Lipinski definition) is 4. The number of nitrogens with zero attached hydrogens (tertiary/aromatic N) is 2. The van der Waals surface area contributed by atoms with Gasteiger partial charge in [-0.3, -0.25) is 4.68 Å². The molecule has 104 valence electrons. The van der Waals surface area contributed by atoms with Crippen molar-refractivity contribution in [1.82, 2.24) is 15.1 Å². The van der Waals surface area contributed by atoms with Gasteiger partial charge in [0.05, 0.1) is 13.3 Å². The molecule has 18 heavy (non-hydrogen) atoms. The van der Waals surface area contributed by atoms with Gasteiger partial charge < -0.3 is 15.2 Å². The molecular formula is C13H25N3O2. The number of ether oxygens (including phenoxy) is 1. The van der Waals surface area contributed by atoms with E-state index in [9.17, 15) is 5.11 Å². The zero-order valence-corrected chi connectivity index (χ0v) is 12.0. The first kappa shape index (κ1) is 15.0. The van der Waals surface area contributed by atoms with Gasteiger partial charge >= 0.3 is 0 Å². The van der Waals surface area contributed by atoms with Crippen LogP contribution in [0, 0.1) is 5.92 Å². The van der Waals surface area contributed by atoms with Crippen LogP contribution < -0.4 is 10.1 Å². The number of rotatable bonds is 7. The van der Waals surface area contributed by atoms with E-state index in [0.717, 1.165) is 12.2 Å².